The summed E-state index contributed by atoms with van der Waals surface area (Å²) in [7, 11) is -3.18. The van der Waals surface area contributed by atoms with Crippen LogP contribution in [0.3, 0.4) is 0 Å². The fraction of sp³-hybridized carbons (Fsp3) is 0.381. The van der Waals surface area contributed by atoms with E-state index in [1.807, 2.05) is 38.1 Å². The Labute approximate surface area is 172 Å². The third-order valence-corrected chi connectivity index (χ3v) is 5.99. The van der Waals surface area contributed by atoms with Gasteiger partial charge in [-0.1, -0.05) is 12.1 Å². The third kappa shape index (κ3) is 5.48. The molecule has 0 aromatic heterocycles. The maximum atomic E-state index is 12.7. The van der Waals surface area contributed by atoms with Gasteiger partial charge in [-0.15, -0.1) is 0 Å². The summed E-state index contributed by atoms with van der Waals surface area (Å²) in [5.41, 5.74) is 2.12. The van der Waals surface area contributed by atoms with Crippen LogP contribution in [0.5, 0.6) is 5.75 Å². The van der Waals surface area contributed by atoms with E-state index in [4.69, 9.17) is 4.74 Å². The third-order valence-electron chi connectivity index (χ3n) is 4.69. The van der Waals surface area contributed by atoms with Crippen molar-refractivity contribution in [2.45, 2.75) is 20.0 Å². The maximum Gasteiger partial charge on any atom is 0.255 e. The van der Waals surface area contributed by atoms with Gasteiger partial charge in [0.2, 0.25) is 10.0 Å². The van der Waals surface area contributed by atoms with Crippen LogP contribution >= 0.6 is 0 Å². The van der Waals surface area contributed by atoms with Crippen molar-refractivity contribution in [3.05, 3.63) is 54.1 Å². The molecule has 1 amide bonds. The van der Waals surface area contributed by atoms with Crippen LogP contribution in [0.15, 0.2) is 48.5 Å². The molecular formula is C21H27N3O4S. The van der Waals surface area contributed by atoms with E-state index in [9.17, 15) is 13.2 Å². The summed E-state index contributed by atoms with van der Waals surface area (Å²) in [5.74, 6) is 0.518. The number of carbonyl (C=O) groups excluding carboxylic acids is 1. The molecule has 7 nitrogen and oxygen atoms in total. The molecule has 8 heteroatoms. The summed E-state index contributed by atoms with van der Waals surface area (Å²) < 4.78 is 30.5. The first-order valence-electron chi connectivity index (χ1n) is 9.61. The molecule has 1 aliphatic rings. The minimum Gasteiger partial charge on any atom is -0.491 e. The van der Waals surface area contributed by atoms with Gasteiger partial charge < -0.3 is 15.0 Å². The van der Waals surface area contributed by atoms with Crippen molar-refractivity contribution < 1.29 is 17.9 Å². The lowest BCUT2D eigenvalue weighted by molar-refractivity contribution is 0.102. The van der Waals surface area contributed by atoms with Crippen molar-refractivity contribution in [3.8, 4) is 5.75 Å². The number of para-hydroxylation sites is 2. The molecule has 156 valence electrons. The monoisotopic (exact) mass is 417 g/mol. The van der Waals surface area contributed by atoms with Crippen LogP contribution in [0.25, 0.3) is 0 Å². The Morgan fingerprint density at radius 2 is 1.62 bits per heavy atom. The Kier molecular flexibility index (Phi) is 6.44. The smallest absolute Gasteiger partial charge is 0.255 e. The number of piperazine rings is 1. The van der Waals surface area contributed by atoms with Gasteiger partial charge in [0.05, 0.1) is 23.7 Å². The number of hydrogen-bond acceptors (Lipinski definition) is 5. The van der Waals surface area contributed by atoms with Crippen LogP contribution < -0.4 is 15.0 Å². The number of carbonyl (C=O) groups is 1. The van der Waals surface area contributed by atoms with Crippen molar-refractivity contribution in [2.24, 2.45) is 0 Å². The van der Waals surface area contributed by atoms with Gasteiger partial charge in [-0.05, 0) is 50.2 Å². The SMILES string of the molecule is CC(C)Oc1ccc(C(=O)Nc2ccccc2N2CCN(S(C)(=O)=O)CC2)cc1. The minimum absolute atomic E-state index is 0.0738. The Morgan fingerprint density at radius 3 is 2.21 bits per heavy atom. The van der Waals surface area contributed by atoms with Crippen LogP contribution in [-0.4, -0.2) is 57.2 Å². The van der Waals surface area contributed by atoms with Gasteiger partial charge in [0, 0.05) is 31.7 Å². The number of nitrogens with one attached hydrogen (secondary N) is 1. The predicted octanol–water partition coefficient (Wildman–Crippen LogP) is 2.81. The Bertz CT molecular complexity index is 950. The zero-order valence-corrected chi connectivity index (χ0v) is 17.8. The van der Waals surface area contributed by atoms with E-state index < -0.39 is 10.0 Å². The first-order chi connectivity index (χ1) is 13.7. The molecule has 2 aromatic rings. The average Bonchev–Trinajstić information content (AvgIpc) is 2.68. The summed E-state index contributed by atoms with van der Waals surface area (Å²) in [5, 5.41) is 2.97. The molecule has 1 aliphatic heterocycles. The van der Waals surface area contributed by atoms with E-state index in [1.54, 1.807) is 24.3 Å². The molecule has 0 bridgehead atoms. The van der Waals surface area contributed by atoms with Gasteiger partial charge in [-0.25, -0.2) is 8.42 Å². The molecule has 0 spiro atoms. The molecule has 0 aliphatic carbocycles. The fourth-order valence-corrected chi connectivity index (χ4v) is 4.09. The molecule has 29 heavy (non-hydrogen) atoms. The van der Waals surface area contributed by atoms with Crippen LogP contribution in [-0.2, 0) is 10.0 Å². The van der Waals surface area contributed by atoms with E-state index in [2.05, 4.69) is 10.2 Å². The largest absolute Gasteiger partial charge is 0.491 e. The zero-order chi connectivity index (χ0) is 21.0. The second-order valence-corrected chi connectivity index (χ2v) is 9.29. The number of benzene rings is 2. The topological polar surface area (TPSA) is 79.0 Å². The molecule has 1 saturated heterocycles. The van der Waals surface area contributed by atoms with Crippen molar-refractivity contribution >= 4 is 27.3 Å². The summed E-state index contributed by atoms with van der Waals surface area (Å²) in [6.45, 7) is 5.90. The van der Waals surface area contributed by atoms with E-state index in [0.717, 1.165) is 11.4 Å². The standard InChI is InChI=1S/C21H27N3O4S/c1-16(2)28-18-10-8-17(9-11-18)21(25)22-19-6-4-5-7-20(19)23-12-14-24(15-13-23)29(3,26)27/h4-11,16H,12-15H2,1-3H3,(H,22,25). The zero-order valence-electron chi connectivity index (χ0n) is 17.0. The van der Waals surface area contributed by atoms with Crippen molar-refractivity contribution in [1.29, 1.82) is 0 Å². The number of amides is 1. The molecule has 1 heterocycles. The molecule has 3 rings (SSSR count). The van der Waals surface area contributed by atoms with E-state index in [1.165, 1.54) is 10.6 Å². The number of ether oxygens (including phenoxy) is 1. The van der Waals surface area contributed by atoms with Gasteiger partial charge in [0.15, 0.2) is 0 Å². The quantitative estimate of drug-likeness (QED) is 0.782. The Hall–Kier alpha value is -2.58. The lowest BCUT2D eigenvalue weighted by Gasteiger charge is -2.35. The molecule has 0 saturated carbocycles. The molecule has 2 aromatic carbocycles. The number of anilines is 2. The normalized spacial score (nSPS) is 15.4. The first-order valence-corrected chi connectivity index (χ1v) is 11.5. The highest BCUT2D eigenvalue weighted by atomic mass is 32.2. The number of nitrogens with zero attached hydrogens (tertiary/aromatic N) is 2. The molecule has 1 N–H and O–H groups in total. The average molecular weight is 418 g/mol. The summed E-state index contributed by atoms with van der Waals surface area (Å²) in [6, 6.07) is 14.6. The van der Waals surface area contributed by atoms with Crippen LogP contribution in [0, 0.1) is 0 Å². The molecule has 0 atom stereocenters. The van der Waals surface area contributed by atoms with Gasteiger partial charge in [0.1, 0.15) is 5.75 Å². The summed E-state index contributed by atoms with van der Waals surface area (Å²) in [4.78, 5) is 14.8. The Balaban J connectivity index is 1.70. The minimum atomic E-state index is -3.18. The van der Waals surface area contributed by atoms with E-state index in [-0.39, 0.29) is 12.0 Å². The highest BCUT2D eigenvalue weighted by molar-refractivity contribution is 7.88. The van der Waals surface area contributed by atoms with Crippen LogP contribution in [0.2, 0.25) is 0 Å². The summed E-state index contributed by atoms with van der Waals surface area (Å²) in [6.07, 6.45) is 1.30. The molecule has 0 unspecified atom stereocenters. The second-order valence-electron chi connectivity index (χ2n) is 7.31. The van der Waals surface area contributed by atoms with Gasteiger partial charge >= 0.3 is 0 Å². The molecular weight excluding hydrogens is 390 g/mol. The van der Waals surface area contributed by atoms with Crippen LogP contribution in [0.1, 0.15) is 24.2 Å². The van der Waals surface area contributed by atoms with Crippen LogP contribution in [0.4, 0.5) is 11.4 Å². The fourth-order valence-electron chi connectivity index (χ4n) is 3.27. The van der Waals surface area contributed by atoms with E-state index in [0.29, 0.717) is 37.4 Å². The highest BCUT2D eigenvalue weighted by Crippen LogP contribution is 2.27. The number of rotatable bonds is 6. The number of hydrogen-bond donors (Lipinski definition) is 1. The predicted molar refractivity (Wildman–Crippen MR) is 115 cm³/mol. The van der Waals surface area contributed by atoms with E-state index >= 15 is 0 Å². The van der Waals surface area contributed by atoms with Crippen molar-refractivity contribution in [3.63, 3.8) is 0 Å². The van der Waals surface area contributed by atoms with Gasteiger partial charge in [0.25, 0.3) is 5.91 Å². The number of sulfonamides is 1. The lowest BCUT2D eigenvalue weighted by atomic mass is 10.1. The van der Waals surface area contributed by atoms with Gasteiger partial charge in [-0.3, -0.25) is 4.79 Å². The molecule has 1 fully saturated rings. The molecule has 0 radical (unpaired) electrons. The van der Waals surface area contributed by atoms with Crippen molar-refractivity contribution in [1.82, 2.24) is 4.31 Å². The lowest BCUT2D eigenvalue weighted by Crippen LogP contribution is -2.48. The highest BCUT2D eigenvalue weighted by Gasteiger charge is 2.24. The Morgan fingerprint density at radius 1 is 1.00 bits per heavy atom. The van der Waals surface area contributed by atoms with Gasteiger partial charge in [-0.2, -0.15) is 4.31 Å². The second kappa shape index (κ2) is 8.84. The van der Waals surface area contributed by atoms with Crippen molar-refractivity contribution in [2.75, 3.05) is 42.7 Å². The first kappa shape index (κ1) is 21.1. The summed E-state index contributed by atoms with van der Waals surface area (Å²) >= 11 is 0. The maximum absolute atomic E-state index is 12.7.